The van der Waals surface area contributed by atoms with Gasteiger partial charge in [0.15, 0.2) is 0 Å². The molecule has 116 valence electrons. The lowest BCUT2D eigenvalue weighted by atomic mass is 9.86. The van der Waals surface area contributed by atoms with Gasteiger partial charge < -0.3 is 20.2 Å². The van der Waals surface area contributed by atoms with Crippen LogP contribution in [0.3, 0.4) is 0 Å². The molecular weight excluding hydrogens is 288 g/mol. The summed E-state index contributed by atoms with van der Waals surface area (Å²) in [5.41, 5.74) is 4.04. The van der Waals surface area contributed by atoms with Gasteiger partial charge in [0, 0.05) is 40.1 Å². The lowest BCUT2D eigenvalue weighted by molar-refractivity contribution is 0.0829. The van der Waals surface area contributed by atoms with E-state index >= 15 is 0 Å². The van der Waals surface area contributed by atoms with Gasteiger partial charge in [-0.15, -0.1) is 0 Å². The van der Waals surface area contributed by atoms with E-state index in [9.17, 15) is 10.2 Å². The molecule has 0 aliphatic carbocycles. The molecule has 0 aliphatic rings. The smallest absolute Gasteiger partial charge is 0.0881 e. The highest BCUT2D eigenvalue weighted by Gasteiger charge is 2.27. The monoisotopic (exact) mass is 306 g/mol. The van der Waals surface area contributed by atoms with Crippen molar-refractivity contribution >= 4 is 21.8 Å². The molecule has 0 amide bonds. The summed E-state index contributed by atoms with van der Waals surface area (Å²) in [5, 5.41) is 22.2. The summed E-state index contributed by atoms with van der Waals surface area (Å²) in [6.07, 6.45) is 2.99. The maximum Gasteiger partial charge on any atom is 0.0881 e. The Kier molecular flexibility index (Phi) is 3.41. The molecule has 0 unspecified atom stereocenters. The van der Waals surface area contributed by atoms with Crippen LogP contribution in [0.4, 0.5) is 0 Å². The molecule has 0 saturated carbocycles. The number of H-pyrrole nitrogens is 2. The van der Waals surface area contributed by atoms with E-state index in [0.717, 1.165) is 32.9 Å². The second-order valence-electron chi connectivity index (χ2n) is 5.81. The number of rotatable bonds is 4. The predicted molar refractivity (Wildman–Crippen MR) is 91.5 cm³/mol. The number of aliphatic hydroxyl groups is 2. The number of benzene rings is 2. The first-order valence-corrected chi connectivity index (χ1v) is 7.70. The topological polar surface area (TPSA) is 72.0 Å². The second kappa shape index (κ2) is 5.57. The van der Waals surface area contributed by atoms with Crippen molar-refractivity contribution < 1.29 is 10.2 Å². The zero-order valence-electron chi connectivity index (χ0n) is 12.5. The van der Waals surface area contributed by atoms with Gasteiger partial charge in [-0.05, 0) is 23.3 Å². The zero-order chi connectivity index (χ0) is 15.8. The highest BCUT2D eigenvalue weighted by atomic mass is 16.3. The highest BCUT2D eigenvalue weighted by molar-refractivity contribution is 5.88. The van der Waals surface area contributed by atoms with Crippen LogP contribution in [0.5, 0.6) is 0 Å². The van der Waals surface area contributed by atoms with Crippen LogP contribution < -0.4 is 0 Å². The molecule has 4 heteroatoms. The lowest BCUT2D eigenvalue weighted by Crippen LogP contribution is -2.23. The normalized spacial score (nSPS) is 13.2. The molecule has 2 aromatic carbocycles. The van der Waals surface area contributed by atoms with Gasteiger partial charge in [0.2, 0.25) is 0 Å². The van der Waals surface area contributed by atoms with Crippen LogP contribution in [-0.4, -0.2) is 32.9 Å². The summed E-state index contributed by atoms with van der Waals surface area (Å²) in [6, 6.07) is 16.0. The molecule has 0 radical (unpaired) electrons. The van der Waals surface area contributed by atoms with E-state index in [-0.39, 0.29) is 12.5 Å². The number of fused-ring (bicyclic) bond motifs is 2. The van der Waals surface area contributed by atoms with Crippen LogP contribution in [0, 0.1) is 0 Å². The Labute approximate surface area is 133 Å². The summed E-state index contributed by atoms with van der Waals surface area (Å²) in [7, 11) is 0. The Morgan fingerprint density at radius 3 is 1.74 bits per heavy atom. The Bertz CT molecular complexity index is 880. The first-order chi connectivity index (χ1) is 11.3. The Balaban J connectivity index is 1.95. The van der Waals surface area contributed by atoms with Crippen molar-refractivity contribution in [1.29, 1.82) is 0 Å². The van der Waals surface area contributed by atoms with Crippen molar-refractivity contribution in [2.45, 2.75) is 12.0 Å². The summed E-state index contributed by atoms with van der Waals surface area (Å²) in [4.78, 5) is 6.51. The predicted octanol–water partition coefficient (Wildman–Crippen LogP) is 3.13. The van der Waals surface area contributed by atoms with Crippen LogP contribution >= 0.6 is 0 Å². The SMILES string of the molecule is OC[C@H](O)C(c1c[nH]c2ccccc12)c1c[nH]c2ccccc12. The molecule has 4 N–H and O–H groups in total. The van der Waals surface area contributed by atoms with Gasteiger partial charge in [-0.1, -0.05) is 36.4 Å². The molecule has 0 aliphatic heterocycles. The molecule has 23 heavy (non-hydrogen) atoms. The fourth-order valence-electron chi connectivity index (χ4n) is 3.39. The summed E-state index contributed by atoms with van der Waals surface area (Å²) >= 11 is 0. The van der Waals surface area contributed by atoms with E-state index in [1.54, 1.807) is 0 Å². The fraction of sp³-hybridized carbons (Fsp3) is 0.158. The molecule has 0 fully saturated rings. The molecule has 4 aromatic rings. The number of hydrogen-bond donors (Lipinski definition) is 4. The van der Waals surface area contributed by atoms with E-state index in [1.807, 2.05) is 60.9 Å². The number of aromatic nitrogens is 2. The number of aliphatic hydroxyl groups excluding tert-OH is 2. The van der Waals surface area contributed by atoms with Crippen LogP contribution in [0.1, 0.15) is 17.0 Å². The quantitative estimate of drug-likeness (QED) is 0.468. The Morgan fingerprint density at radius 1 is 0.783 bits per heavy atom. The highest BCUT2D eigenvalue weighted by Crippen LogP contribution is 2.36. The molecule has 2 heterocycles. The molecule has 1 atom stereocenters. The van der Waals surface area contributed by atoms with Crippen molar-refractivity contribution in [1.82, 2.24) is 9.97 Å². The summed E-state index contributed by atoms with van der Waals surface area (Å²) in [6.45, 7) is -0.288. The third-order valence-corrected chi connectivity index (χ3v) is 4.48. The van der Waals surface area contributed by atoms with Gasteiger partial charge in [-0.25, -0.2) is 0 Å². The third-order valence-electron chi connectivity index (χ3n) is 4.48. The number of hydrogen-bond acceptors (Lipinski definition) is 2. The Hall–Kier alpha value is -2.56. The van der Waals surface area contributed by atoms with Crippen molar-refractivity contribution in [3.05, 3.63) is 72.1 Å². The van der Waals surface area contributed by atoms with Gasteiger partial charge in [0.1, 0.15) is 0 Å². The Morgan fingerprint density at radius 2 is 1.26 bits per heavy atom. The molecule has 0 bridgehead atoms. The lowest BCUT2D eigenvalue weighted by Gasteiger charge is -2.21. The van der Waals surface area contributed by atoms with Crippen LogP contribution in [0.15, 0.2) is 60.9 Å². The average molecular weight is 306 g/mol. The second-order valence-corrected chi connectivity index (χ2v) is 5.81. The standard InChI is InChI=1S/C19H18N2O2/c22-11-18(23)19(14-9-20-16-7-3-1-5-12(14)16)15-10-21-17-8-4-2-6-13(15)17/h1-10,18-23H,11H2/t18-/m0/s1. The van der Waals surface area contributed by atoms with Gasteiger partial charge in [0.25, 0.3) is 0 Å². The van der Waals surface area contributed by atoms with Gasteiger partial charge in [-0.3, -0.25) is 0 Å². The van der Waals surface area contributed by atoms with Gasteiger partial charge in [0.05, 0.1) is 12.7 Å². The van der Waals surface area contributed by atoms with Crippen molar-refractivity contribution in [3.63, 3.8) is 0 Å². The third kappa shape index (κ3) is 2.23. The maximum atomic E-state index is 10.5. The number of aromatic amines is 2. The van der Waals surface area contributed by atoms with E-state index < -0.39 is 6.10 Å². The summed E-state index contributed by atoms with van der Waals surface area (Å²) in [5.74, 6) is -0.299. The molecule has 0 spiro atoms. The molecule has 4 rings (SSSR count). The van der Waals surface area contributed by atoms with Crippen molar-refractivity contribution in [2.24, 2.45) is 0 Å². The fourth-order valence-corrected chi connectivity index (χ4v) is 3.39. The van der Waals surface area contributed by atoms with Gasteiger partial charge >= 0.3 is 0 Å². The largest absolute Gasteiger partial charge is 0.394 e. The minimum Gasteiger partial charge on any atom is -0.394 e. The molecule has 0 saturated heterocycles. The van der Waals surface area contributed by atoms with E-state index in [1.165, 1.54) is 0 Å². The first kappa shape index (κ1) is 14.1. The number of para-hydroxylation sites is 2. The summed E-state index contributed by atoms with van der Waals surface area (Å²) < 4.78 is 0. The maximum absolute atomic E-state index is 10.5. The van der Waals surface area contributed by atoms with Crippen LogP contribution in [0.2, 0.25) is 0 Å². The zero-order valence-corrected chi connectivity index (χ0v) is 12.5. The van der Waals surface area contributed by atoms with Gasteiger partial charge in [-0.2, -0.15) is 0 Å². The average Bonchev–Trinajstić information content (AvgIpc) is 3.20. The first-order valence-electron chi connectivity index (χ1n) is 7.70. The minimum atomic E-state index is -0.867. The number of nitrogens with one attached hydrogen (secondary N) is 2. The molecular formula is C19H18N2O2. The molecule has 2 aromatic heterocycles. The van der Waals surface area contributed by atoms with E-state index in [4.69, 9.17) is 0 Å². The van der Waals surface area contributed by atoms with Crippen molar-refractivity contribution in [3.8, 4) is 0 Å². The van der Waals surface area contributed by atoms with E-state index in [2.05, 4.69) is 9.97 Å². The molecule has 4 nitrogen and oxygen atoms in total. The minimum absolute atomic E-state index is 0.288. The van der Waals surface area contributed by atoms with Crippen molar-refractivity contribution in [2.75, 3.05) is 6.61 Å². The van der Waals surface area contributed by atoms with Crippen LogP contribution in [-0.2, 0) is 0 Å². The van der Waals surface area contributed by atoms with E-state index in [0.29, 0.717) is 0 Å². The van der Waals surface area contributed by atoms with Crippen LogP contribution in [0.25, 0.3) is 21.8 Å².